The Morgan fingerprint density at radius 3 is 1.42 bits per heavy atom. The van der Waals surface area contributed by atoms with Crippen LogP contribution >= 0.6 is 13.4 Å². The van der Waals surface area contributed by atoms with Crippen molar-refractivity contribution in [2.75, 3.05) is 11.5 Å². The molecule has 0 bridgehead atoms. The predicted octanol–water partition coefficient (Wildman–Crippen LogP) is 7.11. The third-order valence-corrected chi connectivity index (χ3v) is 6.06. The first-order chi connectivity index (χ1) is 27.2. The average Bonchev–Trinajstić information content (AvgIpc) is 3.68. The Morgan fingerprint density at radius 2 is 1.04 bits per heavy atom. The van der Waals surface area contributed by atoms with E-state index in [0.29, 0.717) is 12.2 Å². The summed E-state index contributed by atoms with van der Waals surface area (Å²) in [5.41, 5.74) is 6.53. The third kappa shape index (κ3) is 31.9. The molecule has 5 aromatic rings. The number of pyridine rings is 1. The van der Waals surface area contributed by atoms with Gasteiger partial charge in [0, 0.05) is 58.0 Å². The number of halogens is 1. The molecule has 0 unspecified atom stereocenters. The molecule has 0 N–H and O–H groups in total. The Bertz CT molecular complexity index is 1900. The first kappa shape index (κ1) is 70.9. The maximum absolute atomic E-state index is 7.50. The van der Waals surface area contributed by atoms with E-state index in [1.807, 2.05) is 60.7 Å². The third-order valence-electron chi connectivity index (χ3n) is 5.48. The molecule has 0 amide bonds. The summed E-state index contributed by atoms with van der Waals surface area (Å²) < 4.78 is 62.2. The normalized spacial score (nSPS) is 6.93. The smallest absolute Gasteiger partial charge is 0 e. The van der Waals surface area contributed by atoms with Gasteiger partial charge in [-0.3, -0.25) is 4.98 Å². The molecule has 0 aliphatic carbocycles. The van der Waals surface area contributed by atoms with E-state index in [0.717, 1.165) is 57.2 Å². The van der Waals surface area contributed by atoms with Crippen molar-refractivity contribution >= 4 is 55.4 Å². The second-order valence-corrected chi connectivity index (χ2v) is 8.91. The monoisotopic (exact) mass is 1120 g/mol. The van der Waals surface area contributed by atoms with Crippen molar-refractivity contribution in [3.05, 3.63) is 179 Å². The van der Waals surface area contributed by atoms with Gasteiger partial charge in [0.1, 0.15) is 5.69 Å². The first-order valence-corrected chi connectivity index (χ1v) is 20.7. The zero-order valence-electron chi connectivity index (χ0n) is 28.9. The number of nitrogens with zero attached hydrogens (tertiary/aromatic N) is 4. The summed E-state index contributed by atoms with van der Waals surface area (Å²) >= 11 is 13.7. The van der Waals surface area contributed by atoms with Crippen LogP contribution in [0.5, 0.6) is 0 Å². The van der Waals surface area contributed by atoms with Gasteiger partial charge in [-0.1, -0.05) is 72.9 Å². The van der Waals surface area contributed by atoms with Crippen LogP contribution < -0.4 is 0 Å². The maximum atomic E-state index is 7.50. The van der Waals surface area contributed by atoms with Crippen molar-refractivity contribution in [3.8, 4) is 23.4 Å². The van der Waals surface area contributed by atoms with Gasteiger partial charge in [0.25, 0.3) is 0 Å². The Hall–Kier alpha value is -3.87. The van der Waals surface area contributed by atoms with Gasteiger partial charge >= 0.3 is 121 Å². The van der Waals surface area contributed by atoms with Gasteiger partial charge in [0.05, 0.1) is 17.6 Å². The van der Waals surface area contributed by atoms with Crippen LogP contribution in [0.3, 0.4) is 0 Å². The SMILES string of the molecule is [Br][Re].[C-]#[N+]c1ccc(C#Cc2ccc(Cn3c(-c4ccccn4)nc4ccccc43)cc2)cc1.[C-]#[O+].[C-]#[O+].[C-]#[O+].[C-]#[O+].[C-]#[O+].[C-]#[O+].[C-]#[O+].[C-]#[O+].[Fe].[Fe].[S-]CCC[S-]. The van der Waals surface area contributed by atoms with E-state index in [2.05, 4.69) is 136 Å². The number of benzene rings is 3. The summed E-state index contributed by atoms with van der Waals surface area (Å²) in [7, 11) is 0. The van der Waals surface area contributed by atoms with Crippen LogP contribution in [0.1, 0.15) is 23.1 Å². The van der Waals surface area contributed by atoms with E-state index in [9.17, 15) is 0 Å². The molecule has 0 radical (unpaired) electrons. The summed E-state index contributed by atoms with van der Waals surface area (Å²) in [4.78, 5) is 12.7. The van der Waals surface area contributed by atoms with Crippen molar-refractivity contribution < 1.29 is 88.5 Å². The minimum absolute atomic E-state index is 0. The zero-order chi connectivity index (χ0) is 43.9. The molecule has 292 valence electrons. The Labute approximate surface area is 381 Å². The second kappa shape index (κ2) is 58.8. The largest absolute Gasteiger partial charge is 0.793 e. The van der Waals surface area contributed by atoms with Gasteiger partial charge in [-0.25, -0.2) is 9.83 Å². The van der Waals surface area contributed by atoms with Crippen molar-refractivity contribution in [1.82, 2.24) is 14.5 Å². The topological polar surface area (TPSA) is 194 Å². The van der Waals surface area contributed by atoms with Crippen LogP contribution in [0, 0.1) is 71.6 Å². The van der Waals surface area contributed by atoms with E-state index in [4.69, 9.17) is 48.8 Å². The van der Waals surface area contributed by atoms with Crippen molar-refractivity contribution in [2.45, 2.75) is 13.0 Å². The average molecular weight is 1120 g/mol. The standard InChI is InChI=1S/C28H18N4.C3H8S2.8CO.BrH.2Fe.Re/c1-29-24-17-15-22(16-18-24)10-9-21-11-13-23(14-12-21)20-32-27-8-3-2-6-25(27)31-28(32)26-7-4-5-19-30-26;4-2-1-3-5;8*1-2;;;;/h2-8,11-19H,20H2;4-5H,1-3H2;;;;;;;;;1H;;;/q;;;;;;;;;;;;;+1/p-3. The molecule has 0 spiro atoms. The molecule has 0 saturated carbocycles. The molecule has 0 saturated heterocycles. The Morgan fingerprint density at radius 1 is 0.614 bits per heavy atom. The van der Waals surface area contributed by atoms with E-state index in [1.54, 1.807) is 18.3 Å². The van der Waals surface area contributed by atoms with Crippen LogP contribution in [0.15, 0.2) is 97.2 Å². The summed E-state index contributed by atoms with van der Waals surface area (Å²) in [6.45, 7) is 43.7. The number of para-hydroxylation sites is 2. The number of hydrogen-bond acceptors (Lipinski definition) is 4. The summed E-state index contributed by atoms with van der Waals surface area (Å²) in [6.07, 6.45) is 2.81. The molecular weight excluding hydrogens is 1090 g/mol. The number of imidazole rings is 1. The fourth-order valence-electron chi connectivity index (χ4n) is 3.62. The van der Waals surface area contributed by atoms with Gasteiger partial charge in [-0.05, 0) is 42.0 Å². The van der Waals surface area contributed by atoms with Crippen molar-refractivity contribution in [3.63, 3.8) is 0 Å². The van der Waals surface area contributed by atoms with Gasteiger partial charge < -0.3 is 29.8 Å². The maximum Gasteiger partial charge on any atom is 0 e. The summed E-state index contributed by atoms with van der Waals surface area (Å²) in [6, 6.07) is 29.6. The Kier molecular flexibility index (Phi) is 73.2. The van der Waals surface area contributed by atoms with Crippen molar-refractivity contribution in [1.29, 1.82) is 0 Å². The molecular formula is C39H24BrFe2N4O8ReS2-2. The molecule has 0 fully saturated rings. The molecule has 57 heavy (non-hydrogen) atoms. The predicted molar refractivity (Wildman–Crippen MR) is 197 cm³/mol. The van der Waals surface area contributed by atoms with E-state index >= 15 is 0 Å². The van der Waals surface area contributed by atoms with Crippen LogP contribution in [0.4, 0.5) is 5.69 Å². The van der Waals surface area contributed by atoms with Crippen LogP contribution in [0.2, 0.25) is 0 Å². The van der Waals surface area contributed by atoms with Gasteiger partial charge in [0.2, 0.25) is 0 Å². The molecule has 0 aliphatic heterocycles. The van der Waals surface area contributed by atoms with Gasteiger partial charge in [-0.2, -0.15) is 11.5 Å². The minimum Gasteiger partial charge on any atom is -0.793 e. The van der Waals surface area contributed by atoms with E-state index < -0.39 is 0 Å². The van der Waals surface area contributed by atoms with Crippen molar-refractivity contribution in [2.24, 2.45) is 0 Å². The molecule has 0 aliphatic rings. The zero-order valence-corrected chi connectivity index (χ0v) is 37.0. The fraction of sp³-hybridized carbons (Fsp3) is 0.103. The Balaban J connectivity index is -0.000000137. The second-order valence-electron chi connectivity index (χ2n) is 8.09. The molecule has 3 aromatic carbocycles. The number of fused-ring (bicyclic) bond motifs is 1. The number of rotatable bonds is 5. The molecule has 2 aromatic heterocycles. The quantitative estimate of drug-likeness (QED) is 0.0596. The first-order valence-electron chi connectivity index (χ1n) is 13.6. The number of aromatic nitrogens is 3. The summed E-state index contributed by atoms with van der Waals surface area (Å²) in [5.74, 6) is 8.86. The van der Waals surface area contributed by atoms with Gasteiger partial charge in [0.15, 0.2) is 11.5 Å². The van der Waals surface area contributed by atoms with Crippen LogP contribution in [-0.4, -0.2) is 26.0 Å². The molecule has 0 atom stereocenters. The van der Waals surface area contributed by atoms with Crippen LogP contribution in [0.25, 0.3) is 27.4 Å². The summed E-state index contributed by atoms with van der Waals surface area (Å²) in [5, 5.41) is 0. The van der Waals surface area contributed by atoms with Gasteiger partial charge in [-0.15, -0.1) is 0 Å². The molecule has 5 rings (SSSR count). The van der Waals surface area contributed by atoms with E-state index in [1.165, 1.54) is 17.2 Å². The molecule has 2 heterocycles. The van der Waals surface area contributed by atoms with E-state index in [-0.39, 0.29) is 34.1 Å². The molecule has 12 nitrogen and oxygen atoms in total. The fourth-order valence-corrected chi connectivity index (χ4v) is 4.10. The molecule has 18 heteroatoms. The minimum atomic E-state index is 0. The number of hydrogen-bond donors (Lipinski definition) is 0. The van der Waals surface area contributed by atoms with Crippen LogP contribution in [-0.2, 0) is 120 Å².